The van der Waals surface area contributed by atoms with Crippen LogP contribution in [0.25, 0.3) is 0 Å². The Balaban J connectivity index is 2.15. The highest BCUT2D eigenvalue weighted by Gasteiger charge is 2.27. The molecule has 0 amide bonds. The number of benzene rings is 1. The second-order valence-electron chi connectivity index (χ2n) is 4.79. The van der Waals surface area contributed by atoms with Crippen LogP contribution in [0.3, 0.4) is 0 Å². The van der Waals surface area contributed by atoms with E-state index in [1.165, 1.54) is 5.56 Å². The van der Waals surface area contributed by atoms with E-state index in [4.69, 9.17) is 4.74 Å². The zero-order chi connectivity index (χ0) is 13.0. The van der Waals surface area contributed by atoms with Crippen molar-refractivity contribution in [3.05, 3.63) is 29.8 Å². The molecule has 1 saturated heterocycles. The summed E-state index contributed by atoms with van der Waals surface area (Å²) in [6.07, 6.45) is 0. The van der Waals surface area contributed by atoms with Gasteiger partial charge in [0.25, 0.3) is 0 Å². The normalized spacial score (nSPS) is 22.7. The van der Waals surface area contributed by atoms with Crippen molar-refractivity contribution in [1.29, 1.82) is 0 Å². The van der Waals surface area contributed by atoms with Crippen LogP contribution in [-0.2, 0) is 0 Å². The predicted octanol–water partition coefficient (Wildman–Crippen LogP) is 0.859. The van der Waals surface area contributed by atoms with Gasteiger partial charge < -0.3 is 15.4 Å². The monoisotopic (exact) mass is 249 g/mol. The molecule has 4 nitrogen and oxygen atoms in total. The van der Waals surface area contributed by atoms with Gasteiger partial charge in [0.05, 0.1) is 7.11 Å². The fourth-order valence-electron chi connectivity index (χ4n) is 2.59. The molecule has 2 rings (SSSR count). The largest absolute Gasteiger partial charge is 0.497 e. The van der Waals surface area contributed by atoms with E-state index in [-0.39, 0.29) is 0 Å². The number of piperazine rings is 1. The molecule has 1 aliphatic heterocycles. The minimum Gasteiger partial charge on any atom is -0.497 e. The third kappa shape index (κ3) is 2.83. The Kier molecular flexibility index (Phi) is 4.58. The van der Waals surface area contributed by atoms with Gasteiger partial charge in [-0.2, -0.15) is 0 Å². The van der Waals surface area contributed by atoms with Gasteiger partial charge in [-0.3, -0.25) is 4.90 Å². The van der Waals surface area contributed by atoms with Crippen LogP contribution in [0.15, 0.2) is 24.3 Å². The summed E-state index contributed by atoms with van der Waals surface area (Å²) in [7, 11) is 5.92. The van der Waals surface area contributed by atoms with E-state index >= 15 is 0 Å². The summed E-state index contributed by atoms with van der Waals surface area (Å²) in [5.74, 6) is 0.906. The molecular formula is C14H23N3O. The van der Waals surface area contributed by atoms with Gasteiger partial charge in [-0.25, -0.2) is 0 Å². The summed E-state index contributed by atoms with van der Waals surface area (Å²) in [6.45, 7) is 3.19. The van der Waals surface area contributed by atoms with Crippen LogP contribution in [-0.4, -0.2) is 51.8 Å². The average Bonchev–Trinajstić information content (AvgIpc) is 2.42. The van der Waals surface area contributed by atoms with Crippen molar-refractivity contribution in [2.45, 2.75) is 12.1 Å². The maximum atomic E-state index is 5.21. The molecule has 100 valence electrons. The molecule has 18 heavy (non-hydrogen) atoms. The van der Waals surface area contributed by atoms with Crippen LogP contribution >= 0.6 is 0 Å². The SMILES string of the molecule is CNC(c1ccc(OC)cc1)C1CNCCN1C. The van der Waals surface area contributed by atoms with Crippen molar-refractivity contribution < 1.29 is 4.74 Å². The Morgan fingerprint density at radius 2 is 2.11 bits per heavy atom. The lowest BCUT2D eigenvalue weighted by Crippen LogP contribution is -2.54. The maximum absolute atomic E-state index is 5.21. The molecule has 1 heterocycles. The first-order valence-corrected chi connectivity index (χ1v) is 6.48. The molecule has 0 radical (unpaired) electrons. The van der Waals surface area contributed by atoms with Crippen molar-refractivity contribution in [2.75, 3.05) is 40.8 Å². The standard InChI is InChI=1S/C14H23N3O/c1-15-14(13-10-16-8-9-17(13)2)11-4-6-12(18-3)7-5-11/h4-7,13-16H,8-10H2,1-3H3. The number of hydrogen-bond acceptors (Lipinski definition) is 4. The summed E-state index contributed by atoms with van der Waals surface area (Å²) in [5, 5.41) is 6.90. The summed E-state index contributed by atoms with van der Waals surface area (Å²) in [5.41, 5.74) is 1.30. The molecule has 1 aromatic carbocycles. The van der Waals surface area contributed by atoms with Crippen LogP contribution in [0.5, 0.6) is 5.75 Å². The minimum absolute atomic E-state index is 0.341. The Bertz CT molecular complexity index is 366. The second kappa shape index (κ2) is 6.18. The van der Waals surface area contributed by atoms with E-state index in [2.05, 4.69) is 34.7 Å². The zero-order valence-electron chi connectivity index (χ0n) is 11.4. The quantitative estimate of drug-likeness (QED) is 0.830. The predicted molar refractivity (Wildman–Crippen MR) is 74.1 cm³/mol. The molecule has 0 saturated carbocycles. The smallest absolute Gasteiger partial charge is 0.118 e. The van der Waals surface area contributed by atoms with Gasteiger partial charge in [0, 0.05) is 31.7 Å². The summed E-state index contributed by atoms with van der Waals surface area (Å²) < 4.78 is 5.21. The second-order valence-corrected chi connectivity index (χ2v) is 4.79. The molecule has 4 heteroatoms. The fourth-order valence-corrected chi connectivity index (χ4v) is 2.59. The first-order valence-electron chi connectivity index (χ1n) is 6.48. The van der Waals surface area contributed by atoms with E-state index in [0.717, 1.165) is 25.4 Å². The Morgan fingerprint density at radius 3 is 2.67 bits per heavy atom. The molecule has 2 unspecified atom stereocenters. The lowest BCUT2D eigenvalue weighted by atomic mass is 9.97. The highest BCUT2D eigenvalue weighted by Crippen LogP contribution is 2.23. The lowest BCUT2D eigenvalue weighted by Gasteiger charge is -2.38. The summed E-state index contributed by atoms with van der Waals surface area (Å²) >= 11 is 0. The van der Waals surface area contributed by atoms with Crippen LogP contribution in [0.4, 0.5) is 0 Å². The number of hydrogen-bond donors (Lipinski definition) is 2. The van der Waals surface area contributed by atoms with Gasteiger partial charge in [0.2, 0.25) is 0 Å². The average molecular weight is 249 g/mol. The molecule has 0 spiro atoms. The van der Waals surface area contributed by atoms with E-state index in [1.54, 1.807) is 7.11 Å². The van der Waals surface area contributed by atoms with Crippen molar-refractivity contribution in [1.82, 2.24) is 15.5 Å². The molecule has 0 aliphatic carbocycles. The third-order valence-electron chi connectivity index (χ3n) is 3.73. The molecule has 0 bridgehead atoms. The summed E-state index contributed by atoms with van der Waals surface area (Å²) in [6, 6.07) is 9.15. The van der Waals surface area contributed by atoms with Gasteiger partial charge >= 0.3 is 0 Å². The highest BCUT2D eigenvalue weighted by atomic mass is 16.5. The van der Waals surface area contributed by atoms with E-state index in [9.17, 15) is 0 Å². The van der Waals surface area contributed by atoms with Crippen LogP contribution < -0.4 is 15.4 Å². The number of methoxy groups -OCH3 is 1. The molecule has 1 aromatic rings. The molecular weight excluding hydrogens is 226 g/mol. The van der Waals surface area contributed by atoms with Gasteiger partial charge in [-0.05, 0) is 31.8 Å². The van der Waals surface area contributed by atoms with Gasteiger partial charge in [0.1, 0.15) is 5.75 Å². The zero-order valence-corrected chi connectivity index (χ0v) is 11.4. The van der Waals surface area contributed by atoms with Crippen molar-refractivity contribution in [3.8, 4) is 5.75 Å². The van der Waals surface area contributed by atoms with Gasteiger partial charge in [-0.15, -0.1) is 0 Å². The topological polar surface area (TPSA) is 36.5 Å². The van der Waals surface area contributed by atoms with Crippen molar-refractivity contribution >= 4 is 0 Å². The van der Waals surface area contributed by atoms with Crippen LogP contribution in [0.2, 0.25) is 0 Å². The van der Waals surface area contributed by atoms with E-state index in [0.29, 0.717) is 12.1 Å². The van der Waals surface area contributed by atoms with Gasteiger partial charge in [-0.1, -0.05) is 12.1 Å². The van der Waals surface area contributed by atoms with Crippen molar-refractivity contribution in [3.63, 3.8) is 0 Å². The molecule has 2 N–H and O–H groups in total. The first kappa shape index (κ1) is 13.3. The van der Waals surface area contributed by atoms with E-state index < -0.39 is 0 Å². The maximum Gasteiger partial charge on any atom is 0.118 e. The Morgan fingerprint density at radius 1 is 1.39 bits per heavy atom. The first-order chi connectivity index (χ1) is 8.76. The van der Waals surface area contributed by atoms with Crippen molar-refractivity contribution in [2.24, 2.45) is 0 Å². The minimum atomic E-state index is 0.341. The number of nitrogens with zero attached hydrogens (tertiary/aromatic N) is 1. The summed E-state index contributed by atoms with van der Waals surface area (Å²) in [4.78, 5) is 2.42. The number of ether oxygens (including phenoxy) is 1. The highest BCUT2D eigenvalue weighted by molar-refractivity contribution is 5.30. The molecule has 2 atom stereocenters. The fraction of sp³-hybridized carbons (Fsp3) is 0.571. The number of nitrogens with one attached hydrogen (secondary N) is 2. The molecule has 1 fully saturated rings. The third-order valence-corrected chi connectivity index (χ3v) is 3.73. The Labute approximate surface area is 109 Å². The Hall–Kier alpha value is -1.10. The molecule has 1 aliphatic rings. The number of rotatable bonds is 4. The number of likely N-dealkylation sites (N-methyl/N-ethyl adjacent to an activating group) is 2. The van der Waals surface area contributed by atoms with Crippen LogP contribution in [0.1, 0.15) is 11.6 Å². The lowest BCUT2D eigenvalue weighted by molar-refractivity contribution is 0.162. The molecule has 0 aromatic heterocycles. The van der Waals surface area contributed by atoms with E-state index in [1.807, 2.05) is 19.2 Å². The van der Waals surface area contributed by atoms with Gasteiger partial charge in [0.15, 0.2) is 0 Å². The van der Waals surface area contributed by atoms with Crippen LogP contribution in [0, 0.1) is 0 Å².